The van der Waals surface area contributed by atoms with E-state index in [-0.39, 0.29) is 29.1 Å². The molecular formula is C31H34Cl2FN3O5S. The number of hydrogen-bond acceptors (Lipinski definition) is 5. The number of ether oxygens (including phenoxy) is 1. The standard InChI is InChI=1S/C31H34Cl2FN3O5S/c1-3-42-25-15-13-24(14-16-25)37(43(40,41)26-17-11-22(34)12-18-26)20-30(38)36(19-27-28(32)9-6-10-29(27)33)21(2)31(39)35-23-7-4-5-8-23/h6,9-18,21,23H,3-5,7-8,19-20H2,1-2H3,(H,35,39). The largest absolute Gasteiger partial charge is 0.494 e. The summed E-state index contributed by atoms with van der Waals surface area (Å²) in [6.07, 6.45) is 3.72. The molecule has 0 heterocycles. The molecule has 0 aliphatic heterocycles. The molecule has 1 fully saturated rings. The highest BCUT2D eigenvalue weighted by molar-refractivity contribution is 7.92. The average molecular weight is 651 g/mol. The monoisotopic (exact) mass is 649 g/mol. The van der Waals surface area contributed by atoms with Gasteiger partial charge in [0.05, 0.1) is 17.2 Å². The van der Waals surface area contributed by atoms with Gasteiger partial charge in [-0.05, 0) is 87.4 Å². The van der Waals surface area contributed by atoms with Crippen LogP contribution in [0.25, 0.3) is 0 Å². The first kappa shape index (κ1) is 32.6. The molecule has 1 aliphatic rings. The van der Waals surface area contributed by atoms with Gasteiger partial charge in [-0.25, -0.2) is 12.8 Å². The molecule has 1 N–H and O–H groups in total. The molecule has 2 amide bonds. The number of nitrogens with one attached hydrogen (secondary N) is 1. The van der Waals surface area contributed by atoms with Gasteiger partial charge in [-0.1, -0.05) is 42.1 Å². The number of halogens is 3. The van der Waals surface area contributed by atoms with Gasteiger partial charge in [0.25, 0.3) is 10.0 Å². The van der Waals surface area contributed by atoms with Crippen molar-refractivity contribution in [2.45, 2.75) is 63.1 Å². The molecule has 43 heavy (non-hydrogen) atoms. The Hall–Kier alpha value is -3.34. The van der Waals surface area contributed by atoms with Crippen molar-refractivity contribution in [3.05, 3.63) is 88.2 Å². The van der Waals surface area contributed by atoms with Gasteiger partial charge in [0, 0.05) is 28.2 Å². The van der Waals surface area contributed by atoms with E-state index in [0.717, 1.165) is 54.3 Å². The van der Waals surface area contributed by atoms with Gasteiger partial charge >= 0.3 is 0 Å². The lowest BCUT2D eigenvalue weighted by Gasteiger charge is -2.33. The van der Waals surface area contributed by atoms with Crippen LogP contribution >= 0.6 is 23.2 Å². The van der Waals surface area contributed by atoms with Crippen LogP contribution in [-0.4, -0.2) is 50.4 Å². The molecule has 1 saturated carbocycles. The van der Waals surface area contributed by atoms with Gasteiger partial charge in [-0.15, -0.1) is 0 Å². The summed E-state index contributed by atoms with van der Waals surface area (Å²) in [5.41, 5.74) is 0.605. The Balaban J connectivity index is 1.72. The lowest BCUT2D eigenvalue weighted by molar-refractivity contribution is -0.139. The smallest absolute Gasteiger partial charge is 0.264 e. The van der Waals surface area contributed by atoms with Gasteiger partial charge in [0.15, 0.2) is 0 Å². The van der Waals surface area contributed by atoms with E-state index >= 15 is 0 Å². The first-order chi connectivity index (χ1) is 20.5. The first-order valence-electron chi connectivity index (χ1n) is 14.0. The Kier molecular flexibility index (Phi) is 10.9. The van der Waals surface area contributed by atoms with Crippen LogP contribution in [0, 0.1) is 5.82 Å². The van der Waals surface area contributed by atoms with Crippen LogP contribution in [0.5, 0.6) is 5.75 Å². The molecule has 3 aromatic carbocycles. The molecule has 0 bridgehead atoms. The van der Waals surface area contributed by atoms with E-state index in [2.05, 4.69) is 5.32 Å². The maximum absolute atomic E-state index is 14.1. The van der Waals surface area contributed by atoms with Crippen LogP contribution in [0.1, 0.15) is 45.1 Å². The molecule has 0 aromatic heterocycles. The van der Waals surface area contributed by atoms with Crippen LogP contribution in [0.4, 0.5) is 10.1 Å². The topological polar surface area (TPSA) is 96.0 Å². The van der Waals surface area contributed by atoms with Gasteiger partial charge in [-0.2, -0.15) is 0 Å². The Labute approximate surface area is 261 Å². The molecule has 1 unspecified atom stereocenters. The number of nitrogens with zero attached hydrogens (tertiary/aromatic N) is 2. The minimum atomic E-state index is -4.35. The molecule has 1 atom stereocenters. The fraction of sp³-hybridized carbons (Fsp3) is 0.355. The molecular weight excluding hydrogens is 616 g/mol. The van der Waals surface area contributed by atoms with Gasteiger partial charge < -0.3 is 15.0 Å². The number of carbonyl (C=O) groups is 2. The van der Waals surface area contributed by atoms with Gasteiger partial charge in [0.2, 0.25) is 11.8 Å². The maximum Gasteiger partial charge on any atom is 0.264 e. The van der Waals surface area contributed by atoms with Crippen molar-refractivity contribution in [3.8, 4) is 5.75 Å². The summed E-state index contributed by atoms with van der Waals surface area (Å²) >= 11 is 12.9. The van der Waals surface area contributed by atoms with Crippen LogP contribution in [0.2, 0.25) is 10.0 Å². The Morgan fingerprint density at radius 2 is 1.60 bits per heavy atom. The maximum atomic E-state index is 14.1. The van der Waals surface area contributed by atoms with E-state index in [0.29, 0.717) is 28.0 Å². The fourth-order valence-corrected chi connectivity index (χ4v) is 6.90. The minimum Gasteiger partial charge on any atom is -0.494 e. The number of anilines is 1. The highest BCUT2D eigenvalue weighted by Gasteiger charge is 2.34. The quantitative estimate of drug-likeness (QED) is 0.252. The summed E-state index contributed by atoms with van der Waals surface area (Å²) in [5, 5.41) is 3.62. The van der Waals surface area contributed by atoms with Crippen molar-refractivity contribution in [1.82, 2.24) is 10.2 Å². The summed E-state index contributed by atoms with van der Waals surface area (Å²) in [6, 6.07) is 14.5. The molecule has 4 rings (SSSR count). The Bertz CT molecular complexity index is 1510. The van der Waals surface area contributed by atoms with E-state index in [1.807, 2.05) is 6.92 Å². The van der Waals surface area contributed by atoms with Crippen molar-refractivity contribution in [3.63, 3.8) is 0 Å². The number of benzene rings is 3. The van der Waals surface area contributed by atoms with Gasteiger partial charge in [0.1, 0.15) is 24.2 Å². The number of sulfonamides is 1. The third kappa shape index (κ3) is 7.99. The second-order valence-electron chi connectivity index (χ2n) is 10.3. The lowest BCUT2D eigenvalue weighted by Crippen LogP contribution is -2.52. The zero-order chi connectivity index (χ0) is 31.1. The number of hydrogen-bond donors (Lipinski definition) is 1. The third-order valence-corrected chi connectivity index (χ3v) is 9.87. The van der Waals surface area contributed by atoms with E-state index in [9.17, 15) is 22.4 Å². The Morgan fingerprint density at radius 3 is 2.19 bits per heavy atom. The molecule has 0 saturated heterocycles. The number of carbonyl (C=O) groups excluding carboxylic acids is 2. The molecule has 12 heteroatoms. The summed E-state index contributed by atoms with van der Waals surface area (Å²) in [4.78, 5) is 28.5. The molecule has 8 nitrogen and oxygen atoms in total. The summed E-state index contributed by atoms with van der Waals surface area (Å²) < 4.78 is 47.9. The van der Waals surface area contributed by atoms with E-state index in [1.54, 1.807) is 37.3 Å². The van der Waals surface area contributed by atoms with E-state index < -0.39 is 34.3 Å². The normalized spacial score (nSPS) is 14.3. The van der Waals surface area contributed by atoms with Crippen molar-refractivity contribution in [1.29, 1.82) is 0 Å². The third-order valence-electron chi connectivity index (χ3n) is 7.38. The molecule has 0 spiro atoms. The van der Waals surface area contributed by atoms with E-state index in [4.69, 9.17) is 27.9 Å². The second kappa shape index (κ2) is 14.4. The first-order valence-corrected chi connectivity index (χ1v) is 16.2. The summed E-state index contributed by atoms with van der Waals surface area (Å²) in [7, 11) is -4.35. The number of amides is 2. The molecule has 3 aromatic rings. The lowest BCUT2D eigenvalue weighted by atomic mass is 10.1. The van der Waals surface area contributed by atoms with Crippen molar-refractivity contribution in [2.75, 3.05) is 17.5 Å². The summed E-state index contributed by atoms with van der Waals surface area (Å²) in [6.45, 7) is 3.03. The van der Waals surface area contributed by atoms with E-state index in [1.165, 1.54) is 17.0 Å². The van der Waals surface area contributed by atoms with Gasteiger partial charge in [-0.3, -0.25) is 13.9 Å². The minimum absolute atomic E-state index is 0.00927. The molecule has 0 radical (unpaired) electrons. The Morgan fingerprint density at radius 1 is 1.00 bits per heavy atom. The molecule has 1 aliphatic carbocycles. The highest BCUT2D eigenvalue weighted by atomic mass is 35.5. The zero-order valence-electron chi connectivity index (χ0n) is 23.9. The van der Waals surface area contributed by atoms with Crippen LogP contribution in [-0.2, 0) is 26.2 Å². The zero-order valence-corrected chi connectivity index (χ0v) is 26.3. The van der Waals surface area contributed by atoms with Crippen molar-refractivity contribution >= 4 is 50.7 Å². The van der Waals surface area contributed by atoms with Crippen molar-refractivity contribution in [2.24, 2.45) is 0 Å². The average Bonchev–Trinajstić information content (AvgIpc) is 3.49. The highest BCUT2D eigenvalue weighted by Crippen LogP contribution is 2.29. The molecule has 230 valence electrons. The summed E-state index contributed by atoms with van der Waals surface area (Å²) in [5.74, 6) is -1.11. The predicted molar refractivity (Wildman–Crippen MR) is 165 cm³/mol. The SMILES string of the molecule is CCOc1ccc(N(CC(=O)N(Cc2c(Cl)cccc2Cl)C(C)C(=O)NC2CCCC2)S(=O)(=O)c2ccc(F)cc2)cc1. The second-order valence-corrected chi connectivity index (χ2v) is 13.0. The van der Waals surface area contributed by atoms with Crippen LogP contribution in [0.3, 0.4) is 0 Å². The van der Waals surface area contributed by atoms with Crippen LogP contribution in [0.15, 0.2) is 71.6 Å². The number of rotatable bonds is 12. The predicted octanol–water partition coefficient (Wildman–Crippen LogP) is 6.20. The fourth-order valence-electron chi connectivity index (χ4n) is 4.97. The van der Waals surface area contributed by atoms with Crippen LogP contribution < -0.4 is 14.4 Å². The van der Waals surface area contributed by atoms with Crippen molar-refractivity contribution < 1.29 is 27.1 Å².